The number of benzene rings is 3. The van der Waals surface area contributed by atoms with Crippen LogP contribution in [-0.4, -0.2) is 308 Å². The molecule has 136 heavy (non-hydrogen) atoms. The zero-order chi connectivity index (χ0) is 99.6. The van der Waals surface area contributed by atoms with Crippen molar-refractivity contribution in [3.8, 4) is 0 Å². The molecule has 2 saturated heterocycles. The molecule has 8 rings (SSSR count). The van der Waals surface area contributed by atoms with Crippen LogP contribution in [-0.2, 0) is 112 Å². The molecule has 5 heterocycles. The van der Waals surface area contributed by atoms with Crippen LogP contribution in [0.4, 0.5) is 0 Å². The van der Waals surface area contributed by atoms with Crippen LogP contribution in [0, 0.1) is 11.3 Å². The van der Waals surface area contributed by atoms with E-state index in [1.54, 1.807) is 105 Å². The molecule has 2 aliphatic heterocycles. The van der Waals surface area contributed by atoms with E-state index in [0.717, 1.165) is 24.5 Å². The normalized spacial score (nSPS) is 23.3. The summed E-state index contributed by atoms with van der Waals surface area (Å²) in [5.41, 5.74) is 19.9. The van der Waals surface area contributed by atoms with Gasteiger partial charge < -0.3 is 126 Å². The van der Waals surface area contributed by atoms with Crippen molar-refractivity contribution in [2.24, 2.45) is 23.1 Å². The third-order valence-electron chi connectivity index (χ3n) is 24.0. The number of fused-ring (bicyclic) bond motifs is 3. The number of rotatable bonds is 27. The number of nitrogens with two attached hydrogens (primary N) is 3. The Hall–Kier alpha value is -14.4. The molecule has 44 nitrogen and oxygen atoms in total. The Labute approximate surface area is 787 Å². The summed E-state index contributed by atoms with van der Waals surface area (Å²) in [4.78, 5) is 281. The lowest BCUT2D eigenvalue weighted by Gasteiger charge is -2.36. The maximum atomic E-state index is 15.7. The van der Waals surface area contributed by atoms with E-state index < -0.39 is 236 Å². The van der Waals surface area contributed by atoms with Gasteiger partial charge in [-0.2, -0.15) is 0 Å². The number of imidazole rings is 1. The van der Waals surface area contributed by atoms with E-state index in [4.69, 9.17) is 22.6 Å². The second-order valence-corrected chi connectivity index (χ2v) is 34.8. The molecular formula is C92H131N25O19. The van der Waals surface area contributed by atoms with Crippen LogP contribution in [0.3, 0.4) is 0 Å². The number of guanidine groups is 1. The number of aliphatic hydroxyl groups excluding tert-OH is 1. The number of hydrogen-bond donors (Lipinski definition) is 20. The number of aromatic amines is 3. The van der Waals surface area contributed by atoms with Crippen LogP contribution < -0.4 is 81.0 Å². The van der Waals surface area contributed by atoms with E-state index in [-0.39, 0.29) is 89.6 Å². The van der Waals surface area contributed by atoms with E-state index in [1.807, 2.05) is 13.8 Å². The van der Waals surface area contributed by atoms with Gasteiger partial charge in [-0.3, -0.25) is 91.7 Å². The Morgan fingerprint density at radius 3 is 1.68 bits per heavy atom. The van der Waals surface area contributed by atoms with E-state index in [9.17, 15) is 67.4 Å². The Kier molecular flexibility index (Phi) is 41.2. The maximum absolute atomic E-state index is 15.7. The number of nitrogens with one attached hydrogen (secondary N) is 16. The standard InChI is InChI=1S/C92H131N25O19/c1-10-12-15-32-71-85(130)107-62(30-22-36-98-92(95)96)81(126)106-63(80(125)102-47-75(94)120)34-35-76(121)101-48-77(122)105-67(39-54-24-16-14-17-25-54)88(133)114(7)53(5)79(124)109-69(43-74(93)119)90(135)117-37-23-33-72(117)86(131)108-65(42-57-46-97-51-103-57)83(128)110-66(38-52(3)4)87(132)113(6)49-78(123)104-64(40-55-44-99-60-28-20-18-26-58(55)60)82(127)112-70(50-118)84(129)111-68(41-56-45-100-61-29-21-19-27-59(56)61)89(134)116(9)73(31-13-11-2)91(136)115(71)8/h14,16-21,24-29,44-46,51-53,62-73,99-100,118H,10-13,15,22-23,30-43,47-50H2,1-9H3,(H2,93,119)(H2,94,120)(H,97,103)(H,101,121)(H,102,125)(H,104,123)(H,105,122)(H,106,126)(H,107,130)(H,108,131)(H,109,124)(H,110,128)(H,111,129)(H,112,127)(H4,95,96,98)/t53-,62-,63-,64-,65-,66-,67-,68-,69-,70-,71-,72-,73-/m0/s1. The number of aliphatic hydroxyl groups is 1. The average molecular weight is 1890 g/mol. The minimum absolute atomic E-state index is 0.00466. The third-order valence-corrected chi connectivity index (χ3v) is 24.0. The molecule has 6 aromatic rings. The van der Waals surface area contributed by atoms with Crippen LogP contribution in [0.5, 0.6) is 0 Å². The summed E-state index contributed by atoms with van der Waals surface area (Å²) in [6.45, 7) is 5.07. The molecule has 738 valence electrons. The van der Waals surface area contributed by atoms with E-state index in [0.29, 0.717) is 76.3 Å². The van der Waals surface area contributed by atoms with Crippen molar-refractivity contribution in [1.29, 1.82) is 5.41 Å². The van der Waals surface area contributed by atoms with Crippen molar-refractivity contribution < 1.29 is 91.4 Å². The maximum Gasteiger partial charge on any atom is 0.246 e. The molecule has 3 aromatic heterocycles. The van der Waals surface area contributed by atoms with Crippen molar-refractivity contribution >= 4 is 134 Å². The minimum atomic E-state index is -1.86. The number of likely N-dealkylation sites (N-methyl/N-ethyl adjacent to an activating group) is 4. The Bertz CT molecular complexity index is 5200. The predicted octanol–water partition coefficient (Wildman–Crippen LogP) is -2.58. The smallest absolute Gasteiger partial charge is 0.246 e. The Balaban J connectivity index is 1.17. The molecule has 0 spiro atoms. The summed E-state index contributed by atoms with van der Waals surface area (Å²) < 4.78 is 0. The van der Waals surface area contributed by atoms with Gasteiger partial charge in [-0.25, -0.2) is 4.98 Å². The van der Waals surface area contributed by atoms with Gasteiger partial charge in [0.1, 0.15) is 78.5 Å². The van der Waals surface area contributed by atoms with Crippen molar-refractivity contribution in [3.63, 3.8) is 0 Å². The SMILES string of the molecule is CCCCC[C@H]1C(=O)N[C@@H](CCCNC(=N)N)C(=O)N[C@H](C(=O)NCC(N)=O)CCC(=O)NCC(=O)N[C@@H](Cc2ccccc2)C(=O)N(C)[C@@H](C)C(=O)N[C@@H](CC(N)=O)C(=O)N2CCC[C@H]2C(=O)N[C@@H](Cc2cnc[nH]2)C(=O)N[C@@H](CC(C)C)C(=O)N(C)CC(=O)N[C@@H](Cc2c[nH]c3ccccc23)C(=O)N[C@@H](CO)C(=O)N[C@@H](Cc2c[nH]c3ccccc23)C(=O)N(C)[C@@H](CCCC)C(=O)N1C. The summed E-state index contributed by atoms with van der Waals surface area (Å²) in [7, 11) is 5.21. The van der Waals surface area contributed by atoms with E-state index in [1.165, 1.54) is 47.6 Å². The molecule has 2 aliphatic rings. The first-order valence-electron chi connectivity index (χ1n) is 45.8. The van der Waals surface area contributed by atoms with Gasteiger partial charge in [0, 0.05) is 119 Å². The van der Waals surface area contributed by atoms with Crippen LogP contribution in [0.25, 0.3) is 21.8 Å². The Morgan fingerprint density at radius 2 is 1.07 bits per heavy atom. The Morgan fingerprint density at radius 1 is 0.515 bits per heavy atom. The molecule has 13 atom stereocenters. The summed E-state index contributed by atoms with van der Waals surface area (Å²) in [5, 5.41) is 51.6. The van der Waals surface area contributed by atoms with Crippen LogP contribution in [0.2, 0.25) is 0 Å². The van der Waals surface area contributed by atoms with Crippen molar-refractivity contribution in [2.45, 2.75) is 235 Å². The first kappa shape index (κ1) is 107. The van der Waals surface area contributed by atoms with Crippen molar-refractivity contribution in [2.75, 3.05) is 67.5 Å². The van der Waals surface area contributed by atoms with Gasteiger partial charge >= 0.3 is 0 Å². The number of hydrogen-bond acceptors (Lipinski definition) is 21. The van der Waals surface area contributed by atoms with Crippen LogP contribution >= 0.6 is 0 Å². The average Bonchev–Trinajstić information content (AvgIpc) is 1.53. The fraction of sp³-hybridized carbons (Fsp3) is 0.522. The molecule has 0 saturated carbocycles. The molecular weight excluding hydrogens is 1760 g/mol. The monoisotopic (exact) mass is 1890 g/mol. The van der Waals surface area contributed by atoms with Crippen LogP contribution in [0.1, 0.15) is 153 Å². The highest BCUT2D eigenvalue weighted by Gasteiger charge is 2.44. The number of carbonyl (C=O) groups excluding carboxylic acids is 18. The number of carbonyl (C=O) groups is 18. The molecule has 0 radical (unpaired) electrons. The molecule has 2 fully saturated rings. The fourth-order valence-electron chi connectivity index (χ4n) is 16.4. The number of aromatic nitrogens is 4. The van der Waals surface area contributed by atoms with Gasteiger partial charge in [0.05, 0.1) is 39.0 Å². The van der Waals surface area contributed by atoms with Gasteiger partial charge in [0.2, 0.25) is 106 Å². The largest absolute Gasteiger partial charge is 0.394 e. The highest BCUT2D eigenvalue weighted by Crippen LogP contribution is 2.26. The number of amides is 18. The summed E-state index contributed by atoms with van der Waals surface area (Å²) in [5.74, 6) is -17.6. The van der Waals surface area contributed by atoms with Gasteiger partial charge in [0.15, 0.2) is 5.96 Å². The van der Waals surface area contributed by atoms with Crippen molar-refractivity contribution in [3.05, 3.63) is 126 Å². The fourth-order valence-corrected chi connectivity index (χ4v) is 16.4. The number of unbranched alkanes of at least 4 members (excludes halogenated alkanes) is 3. The van der Waals surface area contributed by atoms with Gasteiger partial charge in [-0.15, -0.1) is 0 Å². The summed E-state index contributed by atoms with van der Waals surface area (Å²) >= 11 is 0. The van der Waals surface area contributed by atoms with Crippen molar-refractivity contribution in [1.82, 2.24) is 108 Å². The van der Waals surface area contributed by atoms with Gasteiger partial charge in [-0.05, 0) is 93.0 Å². The second kappa shape index (κ2) is 52.3. The third kappa shape index (κ3) is 31.4. The topological polar surface area (TPSA) is 650 Å². The van der Waals surface area contributed by atoms with Gasteiger partial charge in [-0.1, -0.05) is 127 Å². The molecule has 23 N–H and O–H groups in total. The van der Waals surface area contributed by atoms with E-state index >= 15 is 24.0 Å². The lowest BCUT2D eigenvalue weighted by atomic mass is 9.99. The van der Waals surface area contributed by atoms with Crippen LogP contribution in [0.15, 0.2) is 104 Å². The molecule has 3 aromatic carbocycles. The predicted molar refractivity (Wildman–Crippen MR) is 499 cm³/mol. The van der Waals surface area contributed by atoms with E-state index in [2.05, 4.69) is 83.7 Å². The number of nitrogens with zero attached hydrogens (tertiary/aromatic N) is 6. The highest BCUT2D eigenvalue weighted by atomic mass is 16.3. The second-order valence-electron chi connectivity index (χ2n) is 34.8. The van der Waals surface area contributed by atoms with Gasteiger partial charge in [0.25, 0.3) is 0 Å². The molecule has 18 amide bonds. The number of H-pyrrole nitrogens is 3. The summed E-state index contributed by atoms with van der Waals surface area (Å²) in [6.07, 6.45) is 5.35. The molecule has 0 aliphatic carbocycles. The zero-order valence-electron chi connectivity index (χ0n) is 78.3. The quantitative estimate of drug-likeness (QED) is 0.0143. The summed E-state index contributed by atoms with van der Waals surface area (Å²) in [6, 6.07) is 2.46. The lowest BCUT2D eigenvalue weighted by molar-refractivity contribution is -0.149. The first-order valence-corrected chi connectivity index (χ1v) is 45.8. The number of para-hydroxylation sites is 2. The molecule has 0 bridgehead atoms. The highest BCUT2D eigenvalue weighted by molar-refractivity contribution is 6.02. The molecule has 44 heteroatoms. The number of primary amides is 2. The zero-order valence-corrected chi connectivity index (χ0v) is 78.3. The molecule has 0 unspecified atom stereocenters. The minimum Gasteiger partial charge on any atom is -0.394 e. The first-order chi connectivity index (χ1) is 64.8. The lowest BCUT2D eigenvalue weighted by Crippen LogP contribution is -2.61.